The Hall–Kier alpha value is -1.83. The van der Waals surface area contributed by atoms with Crippen molar-refractivity contribution in [1.82, 2.24) is 9.78 Å². The van der Waals surface area contributed by atoms with E-state index in [0.29, 0.717) is 22.2 Å². The molecule has 0 saturated heterocycles. The van der Waals surface area contributed by atoms with Gasteiger partial charge in [0.25, 0.3) is 0 Å². The van der Waals surface area contributed by atoms with E-state index < -0.39 is 0 Å². The Kier molecular flexibility index (Phi) is 4.43. The molecule has 1 N–H and O–H groups in total. The standard InChI is InChI=1S/C15H16ClN3O/c1-10(2)6-14-13(9-20)15(16)19(18-14)12-5-3-4-11(7-12)8-17/h3-5,7,10,20H,6,9H2,1-2H3. The molecule has 1 aromatic carbocycles. The van der Waals surface area contributed by atoms with Crippen molar-refractivity contribution in [2.45, 2.75) is 26.9 Å². The van der Waals surface area contributed by atoms with Gasteiger partial charge in [0.05, 0.1) is 29.6 Å². The monoisotopic (exact) mass is 289 g/mol. The minimum atomic E-state index is -0.140. The van der Waals surface area contributed by atoms with Gasteiger partial charge in [-0.3, -0.25) is 0 Å². The van der Waals surface area contributed by atoms with Crippen molar-refractivity contribution in [3.8, 4) is 11.8 Å². The molecule has 4 nitrogen and oxygen atoms in total. The summed E-state index contributed by atoms with van der Waals surface area (Å²) < 4.78 is 1.58. The molecule has 0 bridgehead atoms. The first-order valence-electron chi connectivity index (χ1n) is 6.44. The molecule has 104 valence electrons. The molecular formula is C15H16ClN3O. The first kappa shape index (κ1) is 14.6. The number of benzene rings is 1. The van der Waals surface area contributed by atoms with Gasteiger partial charge in [-0.2, -0.15) is 10.4 Å². The van der Waals surface area contributed by atoms with E-state index >= 15 is 0 Å². The molecule has 0 amide bonds. The zero-order valence-corrected chi connectivity index (χ0v) is 12.2. The highest BCUT2D eigenvalue weighted by Gasteiger charge is 2.17. The average Bonchev–Trinajstić information content (AvgIpc) is 2.74. The van der Waals surface area contributed by atoms with Gasteiger partial charge in [-0.1, -0.05) is 31.5 Å². The lowest BCUT2D eigenvalue weighted by Gasteiger charge is -2.03. The fourth-order valence-electron chi connectivity index (χ4n) is 2.06. The molecule has 0 aliphatic heterocycles. The summed E-state index contributed by atoms with van der Waals surface area (Å²) in [6.45, 7) is 4.04. The van der Waals surface area contributed by atoms with Gasteiger partial charge in [0.2, 0.25) is 0 Å². The molecule has 2 aromatic rings. The highest BCUT2D eigenvalue weighted by molar-refractivity contribution is 6.30. The normalized spacial score (nSPS) is 10.8. The summed E-state index contributed by atoms with van der Waals surface area (Å²) in [5, 5.41) is 23.3. The van der Waals surface area contributed by atoms with Crippen LogP contribution in [0.4, 0.5) is 0 Å². The van der Waals surface area contributed by atoms with E-state index in [0.717, 1.165) is 17.8 Å². The van der Waals surface area contributed by atoms with Crippen molar-refractivity contribution in [2.24, 2.45) is 5.92 Å². The van der Waals surface area contributed by atoms with Crippen LogP contribution in [0.3, 0.4) is 0 Å². The van der Waals surface area contributed by atoms with E-state index in [4.69, 9.17) is 16.9 Å². The van der Waals surface area contributed by atoms with Crippen LogP contribution in [0.15, 0.2) is 24.3 Å². The SMILES string of the molecule is CC(C)Cc1nn(-c2cccc(C#N)c2)c(Cl)c1CO. The van der Waals surface area contributed by atoms with Crippen molar-refractivity contribution in [3.05, 3.63) is 46.2 Å². The van der Waals surface area contributed by atoms with Crippen molar-refractivity contribution < 1.29 is 5.11 Å². The zero-order valence-electron chi connectivity index (χ0n) is 11.5. The van der Waals surface area contributed by atoms with Crippen molar-refractivity contribution in [3.63, 3.8) is 0 Å². The van der Waals surface area contributed by atoms with Crippen LogP contribution >= 0.6 is 11.6 Å². The summed E-state index contributed by atoms with van der Waals surface area (Å²) >= 11 is 6.30. The van der Waals surface area contributed by atoms with E-state index in [1.54, 1.807) is 22.9 Å². The Morgan fingerprint density at radius 1 is 1.45 bits per heavy atom. The molecule has 0 aliphatic rings. The number of aliphatic hydroxyl groups is 1. The lowest BCUT2D eigenvalue weighted by molar-refractivity contribution is 0.280. The van der Waals surface area contributed by atoms with Gasteiger partial charge in [0.1, 0.15) is 5.15 Å². The number of aliphatic hydroxyl groups excluding tert-OH is 1. The number of nitriles is 1. The summed E-state index contributed by atoms with van der Waals surface area (Å²) in [6, 6.07) is 9.15. The van der Waals surface area contributed by atoms with Crippen LogP contribution in [0.25, 0.3) is 5.69 Å². The molecule has 0 atom stereocenters. The maximum atomic E-state index is 9.48. The zero-order chi connectivity index (χ0) is 14.7. The van der Waals surface area contributed by atoms with Crippen LogP contribution in [-0.4, -0.2) is 14.9 Å². The van der Waals surface area contributed by atoms with Gasteiger partial charge >= 0.3 is 0 Å². The third kappa shape index (κ3) is 2.84. The third-order valence-electron chi connectivity index (χ3n) is 2.98. The molecule has 0 unspecified atom stereocenters. The summed E-state index contributed by atoms with van der Waals surface area (Å²) in [4.78, 5) is 0. The van der Waals surface area contributed by atoms with E-state index in [1.165, 1.54) is 0 Å². The quantitative estimate of drug-likeness (QED) is 0.941. The van der Waals surface area contributed by atoms with Gasteiger partial charge in [0, 0.05) is 5.56 Å². The number of hydrogen-bond donors (Lipinski definition) is 1. The lowest BCUT2D eigenvalue weighted by atomic mass is 10.1. The van der Waals surface area contributed by atoms with Crippen LogP contribution in [0.5, 0.6) is 0 Å². The number of hydrogen-bond acceptors (Lipinski definition) is 3. The number of aromatic nitrogens is 2. The van der Waals surface area contributed by atoms with Crippen LogP contribution in [0.1, 0.15) is 30.7 Å². The van der Waals surface area contributed by atoms with Gasteiger partial charge in [-0.25, -0.2) is 4.68 Å². The Morgan fingerprint density at radius 2 is 2.20 bits per heavy atom. The van der Waals surface area contributed by atoms with Crippen LogP contribution < -0.4 is 0 Å². The summed E-state index contributed by atoms with van der Waals surface area (Å²) in [5.74, 6) is 0.421. The second-order valence-electron chi connectivity index (χ2n) is 5.05. The van der Waals surface area contributed by atoms with E-state index in [-0.39, 0.29) is 6.61 Å². The smallest absolute Gasteiger partial charge is 0.138 e. The molecule has 5 heteroatoms. The Balaban J connectivity index is 2.51. The highest BCUT2D eigenvalue weighted by Crippen LogP contribution is 2.25. The summed E-state index contributed by atoms with van der Waals surface area (Å²) in [5.41, 5.74) is 2.72. The molecule has 0 radical (unpaired) electrons. The molecule has 2 rings (SSSR count). The number of halogens is 1. The Morgan fingerprint density at radius 3 is 2.80 bits per heavy atom. The summed E-state index contributed by atoms with van der Waals surface area (Å²) in [6.07, 6.45) is 0.751. The molecule has 1 aromatic heterocycles. The maximum Gasteiger partial charge on any atom is 0.138 e. The average molecular weight is 290 g/mol. The third-order valence-corrected chi connectivity index (χ3v) is 3.37. The second-order valence-corrected chi connectivity index (χ2v) is 5.40. The lowest BCUT2D eigenvalue weighted by Crippen LogP contribution is -2.00. The maximum absolute atomic E-state index is 9.48. The van der Waals surface area contributed by atoms with Crippen molar-refractivity contribution in [1.29, 1.82) is 5.26 Å². The van der Waals surface area contributed by atoms with E-state index in [9.17, 15) is 5.11 Å². The molecule has 0 saturated carbocycles. The topological polar surface area (TPSA) is 61.8 Å². The van der Waals surface area contributed by atoms with Crippen LogP contribution in [0.2, 0.25) is 5.15 Å². The van der Waals surface area contributed by atoms with Gasteiger partial charge in [-0.05, 0) is 30.5 Å². The largest absolute Gasteiger partial charge is 0.391 e. The fraction of sp³-hybridized carbons (Fsp3) is 0.333. The van der Waals surface area contributed by atoms with Gasteiger partial charge in [0.15, 0.2) is 0 Å². The number of rotatable bonds is 4. The highest BCUT2D eigenvalue weighted by atomic mass is 35.5. The van der Waals surface area contributed by atoms with Crippen molar-refractivity contribution in [2.75, 3.05) is 0 Å². The van der Waals surface area contributed by atoms with Crippen molar-refractivity contribution >= 4 is 11.6 Å². The van der Waals surface area contributed by atoms with Gasteiger partial charge in [-0.15, -0.1) is 0 Å². The van der Waals surface area contributed by atoms with Crippen LogP contribution in [0, 0.1) is 17.2 Å². The first-order chi connectivity index (χ1) is 9.56. The molecule has 0 spiro atoms. The minimum absolute atomic E-state index is 0.140. The predicted molar refractivity (Wildman–Crippen MR) is 77.8 cm³/mol. The van der Waals surface area contributed by atoms with Gasteiger partial charge < -0.3 is 5.11 Å². The minimum Gasteiger partial charge on any atom is -0.391 e. The Labute approximate surface area is 123 Å². The molecule has 1 heterocycles. The predicted octanol–water partition coefficient (Wildman–Crippen LogP) is 3.09. The summed E-state index contributed by atoms with van der Waals surface area (Å²) in [7, 11) is 0. The molecule has 0 fully saturated rings. The first-order valence-corrected chi connectivity index (χ1v) is 6.82. The van der Waals surface area contributed by atoms with Crippen LogP contribution in [-0.2, 0) is 13.0 Å². The fourth-order valence-corrected chi connectivity index (χ4v) is 2.36. The number of nitrogens with zero attached hydrogens (tertiary/aromatic N) is 3. The van der Waals surface area contributed by atoms with E-state index in [2.05, 4.69) is 25.0 Å². The van der Waals surface area contributed by atoms with E-state index in [1.807, 2.05) is 6.07 Å². The molecule has 20 heavy (non-hydrogen) atoms. The second kappa shape index (κ2) is 6.08. The Bertz CT molecular complexity index is 656. The molecular weight excluding hydrogens is 274 g/mol. The molecule has 0 aliphatic carbocycles.